The van der Waals surface area contributed by atoms with E-state index in [1.165, 1.54) is 19.8 Å². The van der Waals surface area contributed by atoms with E-state index in [1.54, 1.807) is 0 Å². The third-order valence-corrected chi connectivity index (χ3v) is 6.89. The van der Waals surface area contributed by atoms with Crippen molar-refractivity contribution in [2.75, 3.05) is 26.7 Å². The van der Waals surface area contributed by atoms with Gasteiger partial charge in [0.15, 0.2) is 0 Å². The van der Waals surface area contributed by atoms with Crippen molar-refractivity contribution < 1.29 is 14.3 Å². The zero-order chi connectivity index (χ0) is 16.9. The van der Waals surface area contributed by atoms with Crippen LogP contribution in [0, 0.1) is 23.2 Å². The Morgan fingerprint density at radius 2 is 1.92 bits per heavy atom. The molecule has 0 radical (unpaired) electrons. The van der Waals surface area contributed by atoms with Crippen molar-refractivity contribution in [2.45, 2.75) is 57.5 Å². The molecule has 0 aromatic carbocycles. The lowest BCUT2D eigenvalue weighted by Gasteiger charge is -2.60. The summed E-state index contributed by atoms with van der Waals surface area (Å²) in [6, 6.07) is 0. The molecule has 5 heteroatoms. The lowest BCUT2D eigenvalue weighted by molar-refractivity contribution is -0.202. The summed E-state index contributed by atoms with van der Waals surface area (Å²) in [5.41, 5.74) is -0.648. The molecule has 5 rings (SSSR count). The summed E-state index contributed by atoms with van der Waals surface area (Å²) < 4.78 is 5.79. The van der Waals surface area contributed by atoms with E-state index < -0.39 is 0 Å². The summed E-state index contributed by atoms with van der Waals surface area (Å²) in [6.07, 6.45) is 7.03. The van der Waals surface area contributed by atoms with Crippen molar-refractivity contribution in [1.29, 1.82) is 0 Å². The third-order valence-electron chi connectivity index (χ3n) is 6.89. The number of rotatable bonds is 4. The van der Waals surface area contributed by atoms with Crippen molar-refractivity contribution in [1.82, 2.24) is 10.2 Å². The highest BCUT2D eigenvalue weighted by atomic mass is 16.6. The summed E-state index contributed by atoms with van der Waals surface area (Å²) in [5.74, 6) is 1.71. The Hall–Kier alpha value is -1.10. The number of likely N-dealkylation sites (tertiary alicyclic amines) is 1. The maximum Gasteiger partial charge on any atom is 0.303 e. The highest BCUT2D eigenvalue weighted by Crippen LogP contribution is 2.62. The number of hydrogen-bond acceptors (Lipinski definition) is 4. The molecule has 5 nitrogen and oxygen atoms in total. The van der Waals surface area contributed by atoms with Gasteiger partial charge in [-0.1, -0.05) is 0 Å². The molecule has 4 aliphatic carbocycles. The van der Waals surface area contributed by atoms with Crippen LogP contribution in [0.3, 0.4) is 0 Å². The molecule has 1 amide bonds. The normalized spacial score (nSPS) is 43.8. The van der Waals surface area contributed by atoms with Gasteiger partial charge in [-0.3, -0.25) is 9.59 Å². The largest absolute Gasteiger partial charge is 0.459 e. The summed E-state index contributed by atoms with van der Waals surface area (Å²) in [4.78, 5) is 27.0. The smallest absolute Gasteiger partial charge is 0.303 e. The average Bonchev–Trinajstić information content (AvgIpc) is 2.87. The Balaban J connectivity index is 1.45. The van der Waals surface area contributed by atoms with Gasteiger partial charge in [0.2, 0.25) is 5.91 Å². The van der Waals surface area contributed by atoms with Gasteiger partial charge in [0.05, 0.1) is 5.41 Å². The Bertz CT molecular complexity index is 533. The van der Waals surface area contributed by atoms with Crippen LogP contribution in [-0.2, 0) is 14.3 Å². The molecule has 4 bridgehead atoms. The summed E-state index contributed by atoms with van der Waals surface area (Å²) in [6.45, 7) is 4.50. The second-order valence-electron chi connectivity index (χ2n) is 9.14. The van der Waals surface area contributed by atoms with Crippen LogP contribution in [0.25, 0.3) is 0 Å². The van der Waals surface area contributed by atoms with Gasteiger partial charge in [-0.25, -0.2) is 0 Å². The molecule has 0 spiro atoms. The van der Waals surface area contributed by atoms with E-state index in [0.717, 1.165) is 51.7 Å². The molecule has 2 unspecified atom stereocenters. The van der Waals surface area contributed by atoms with Crippen molar-refractivity contribution in [2.24, 2.45) is 23.2 Å². The molecule has 0 aromatic rings. The Morgan fingerprint density at radius 3 is 2.50 bits per heavy atom. The Labute approximate surface area is 144 Å². The monoisotopic (exact) mass is 334 g/mol. The van der Waals surface area contributed by atoms with E-state index in [4.69, 9.17) is 4.74 Å². The van der Waals surface area contributed by atoms with Crippen LogP contribution >= 0.6 is 0 Å². The molecule has 5 aliphatic rings. The molecule has 5 atom stereocenters. The van der Waals surface area contributed by atoms with Gasteiger partial charge >= 0.3 is 5.97 Å². The third kappa shape index (κ3) is 2.85. The lowest BCUT2D eigenvalue weighted by Crippen LogP contribution is -2.61. The minimum atomic E-state index is -0.360. The van der Waals surface area contributed by atoms with Crippen LogP contribution in [0.2, 0.25) is 0 Å². The van der Waals surface area contributed by atoms with Crippen molar-refractivity contribution in [3.63, 3.8) is 0 Å². The molecule has 1 saturated heterocycles. The molecule has 1 heterocycles. The fraction of sp³-hybridized carbons (Fsp3) is 0.895. The number of carbonyl (C=O) groups is 2. The van der Waals surface area contributed by atoms with Crippen LogP contribution in [0.4, 0.5) is 0 Å². The number of ether oxygens (including phenoxy) is 1. The number of esters is 1. The quantitative estimate of drug-likeness (QED) is 0.799. The van der Waals surface area contributed by atoms with Crippen molar-refractivity contribution in [3.05, 3.63) is 0 Å². The van der Waals surface area contributed by atoms with E-state index in [1.807, 2.05) is 0 Å². The van der Waals surface area contributed by atoms with Crippen LogP contribution in [-0.4, -0.2) is 49.1 Å². The predicted octanol–water partition coefficient (Wildman–Crippen LogP) is 1.96. The molecule has 24 heavy (non-hydrogen) atoms. The zero-order valence-corrected chi connectivity index (χ0v) is 15.0. The van der Waals surface area contributed by atoms with Gasteiger partial charge in [0, 0.05) is 26.4 Å². The average molecular weight is 334 g/mol. The summed E-state index contributed by atoms with van der Waals surface area (Å²) in [5, 5.41) is 3.27. The fourth-order valence-electron chi connectivity index (χ4n) is 6.49. The zero-order valence-electron chi connectivity index (χ0n) is 15.0. The van der Waals surface area contributed by atoms with Crippen LogP contribution < -0.4 is 5.32 Å². The van der Waals surface area contributed by atoms with E-state index >= 15 is 0 Å². The number of nitrogens with one attached hydrogen (secondary N) is 1. The van der Waals surface area contributed by atoms with E-state index in [-0.39, 0.29) is 22.9 Å². The Morgan fingerprint density at radius 1 is 1.21 bits per heavy atom. The lowest BCUT2D eigenvalue weighted by atomic mass is 9.47. The molecular weight excluding hydrogens is 304 g/mol. The topological polar surface area (TPSA) is 58.6 Å². The minimum absolute atomic E-state index is 0.193. The number of nitrogens with zero attached hydrogens (tertiary/aromatic N) is 1. The molecule has 4 saturated carbocycles. The van der Waals surface area contributed by atoms with Gasteiger partial charge in [-0.05, 0) is 69.9 Å². The molecule has 134 valence electrons. The molecule has 1 N–H and O–H groups in total. The number of hydrogen-bond donors (Lipinski definition) is 1. The van der Waals surface area contributed by atoms with Crippen LogP contribution in [0.5, 0.6) is 0 Å². The van der Waals surface area contributed by atoms with Gasteiger partial charge in [0.25, 0.3) is 0 Å². The second-order valence-corrected chi connectivity index (χ2v) is 9.14. The molecule has 1 aliphatic heterocycles. The van der Waals surface area contributed by atoms with E-state index in [9.17, 15) is 9.59 Å². The summed E-state index contributed by atoms with van der Waals surface area (Å²) >= 11 is 0. The highest BCUT2D eigenvalue weighted by molar-refractivity contribution is 5.83. The standard InChI is InChI=1S/C19H30N2O3/c1-13(22)24-19-8-15-5-16(9-19)7-18(6-15,12-19)17(23)20-10-14-3-4-21(2)11-14/h14-16H,3-12H2,1-2H3,(H,20,23)/t14-,15-,16+,18?,19?/m0/s1. The molecule has 5 fully saturated rings. The SMILES string of the molecule is CC(=O)OC12C[C@H]3C[C@@H](C1)CC(C(=O)NC[C@@H]1CCN(C)C1)(C3)C2. The minimum Gasteiger partial charge on any atom is -0.459 e. The first kappa shape index (κ1) is 16.4. The fourth-order valence-corrected chi connectivity index (χ4v) is 6.49. The Kier molecular flexibility index (Phi) is 3.90. The van der Waals surface area contributed by atoms with Crippen molar-refractivity contribution in [3.8, 4) is 0 Å². The second kappa shape index (κ2) is 5.72. The molecule has 0 aromatic heterocycles. The van der Waals surface area contributed by atoms with E-state index in [2.05, 4.69) is 17.3 Å². The van der Waals surface area contributed by atoms with Gasteiger partial charge in [0.1, 0.15) is 5.60 Å². The van der Waals surface area contributed by atoms with Gasteiger partial charge < -0.3 is 15.0 Å². The number of carbonyl (C=O) groups excluding carboxylic acids is 2. The predicted molar refractivity (Wildman–Crippen MR) is 90.2 cm³/mol. The first-order valence-electron chi connectivity index (χ1n) is 9.55. The maximum absolute atomic E-state index is 13.1. The maximum atomic E-state index is 13.1. The van der Waals surface area contributed by atoms with Gasteiger partial charge in [-0.2, -0.15) is 0 Å². The molecular formula is C19H30N2O3. The van der Waals surface area contributed by atoms with Crippen LogP contribution in [0.1, 0.15) is 51.9 Å². The van der Waals surface area contributed by atoms with Crippen LogP contribution in [0.15, 0.2) is 0 Å². The van der Waals surface area contributed by atoms with E-state index in [0.29, 0.717) is 17.8 Å². The first-order chi connectivity index (χ1) is 11.4. The summed E-state index contributed by atoms with van der Waals surface area (Å²) in [7, 11) is 2.14. The first-order valence-corrected chi connectivity index (χ1v) is 9.55. The van der Waals surface area contributed by atoms with Gasteiger partial charge in [-0.15, -0.1) is 0 Å². The van der Waals surface area contributed by atoms with Crippen molar-refractivity contribution >= 4 is 11.9 Å². The highest BCUT2D eigenvalue weighted by Gasteiger charge is 2.62. The number of amides is 1.